The summed E-state index contributed by atoms with van der Waals surface area (Å²) in [6, 6.07) is 3.49. The molecule has 0 fully saturated rings. The number of amides is 1. The number of carbonyl (C=O) groups excluding carboxylic acids is 1. The number of carbonyl (C=O) groups is 1. The Labute approximate surface area is 105 Å². The topological polar surface area (TPSA) is 55.1 Å². The highest BCUT2D eigenvalue weighted by Gasteiger charge is 2.12. The van der Waals surface area contributed by atoms with Gasteiger partial charge in [0.15, 0.2) is 0 Å². The molecule has 0 saturated heterocycles. The lowest BCUT2D eigenvalue weighted by Gasteiger charge is -2.11. The fourth-order valence-electron chi connectivity index (χ4n) is 1.03. The van der Waals surface area contributed by atoms with Crippen molar-refractivity contribution in [2.45, 2.75) is 13.0 Å². The number of nitrogens with two attached hydrogens (primary N) is 1. The molecular weight excluding hydrogens is 254 g/mol. The summed E-state index contributed by atoms with van der Waals surface area (Å²) >= 11 is 5.72. The predicted octanol–water partition coefficient (Wildman–Crippen LogP) is 1.98. The van der Waals surface area contributed by atoms with Crippen LogP contribution < -0.4 is 11.1 Å². The normalized spacial score (nSPS) is 11.5. The number of halogens is 3. The van der Waals surface area contributed by atoms with E-state index >= 15 is 0 Å². The van der Waals surface area contributed by atoms with Crippen LogP contribution in [0.15, 0.2) is 18.2 Å². The summed E-state index contributed by atoms with van der Waals surface area (Å²) in [5.41, 5.74) is 5.60. The van der Waals surface area contributed by atoms with Crippen molar-refractivity contribution in [2.75, 3.05) is 6.54 Å². The third-order valence-electron chi connectivity index (χ3n) is 1.91. The SMILES string of the molecule is C[C@H](CN)NC(=O)c1ccc(F)cc1Cl.Cl. The van der Waals surface area contributed by atoms with Gasteiger partial charge < -0.3 is 11.1 Å². The highest BCUT2D eigenvalue weighted by molar-refractivity contribution is 6.33. The fraction of sp³-hybridized carbons (Fsp3) is 0.300. The first-order chi connectivity index (χ1) is 7.04. The zero-order valence-electron chi connectivity index (χ0n) is 8.67. The number of hydrogen-bond acceptors (Lipinski definition) is 2. The smallest absolute Gasteiger partial charge is 0.253 e. The zero-order valence-corrected chi connectivity index (χ0v) is 10.2. The number of nitrogens with one attached hydrogen (secondary N) is 1. The van der Waals surface area contributed by atoms with E-state index < -0.39 is 5.82 Å². The highest BCUT2D eigenvalue weighted by Crippen LogP contribution is 2.16. The molecule has 0 aliphatic heterocycles. The summed E-state index contributed by atoms with van der Waals surface area (Å²) in [6.45, 7) is 2.11. The van der Waals surface area contributed by atoms with Gasteiger partial charge in [-0.15, -0.1) is 12.4 Å². The predicted molar refractivity (Wildman–Crippen MR) is 64.6 cm³/mol. The molecule has 0 radical (unpaired) electrons. The van der Waals surface area contributed by atoms with E-state index in [1.54, 1.807) is 6.92 Å². The van der Waals surface area contributed by atoms with Crippen molar-refractivity contribution in [1.82, 2.24) is 5.32 Å². The molecule has 0 heterocycles. The minimum Gasteiger partial charge on any atom is -0.348 e. The Bertz CT molecular complexity index is 374. The Morgan fingerprint density at radius 2 is 2.25 bits per heavy atom. The van der Waals surface area contributed by atoms with Crippen molar-refractivity contribution < 1.29 is 9.18 Å². The highest BCUT2D eigenvalue weighted by atomic mass is 35.5. The van der Waals surface area contributed by atoms with Crippen LogP contribution in [0, 0.1) is 5.82 Å². The second-order valence-electron chi connectivity index (χ2n) is 3.23. The van der Waals surface area contributed by atoms with E-state index in [4.69, 9.17) is 17.3 Å². The molecule has 1 aromatic rings. The summed E-state index contributed by atoms with van der Waals surface area (Å²) in [6.07, 6.45) is 0. The Morgan fingerprint density at radius 3 is 2.75 bits per heavy atom. The minimum atomic E-state index is -0.469. The maximum atomic E-state index is 12.7. The number of benzene rings is 1. The standard InChI is InChI=1S/C10H12ClFN2O.ClH/c1-6(5-13)14-10(15)8-3-2-7(12)4-9(8)11;/h2-4,6H,5,13H2,1H3,(H,14,15);1H/t6-;/m1./s1. The van der Waals surface area contributed by atoms with Gasteiger partial charge >= 0.3 is 0 Å². The molecule has 1 aromatic carbocycles. The van der Waals surface area contributed by atoms with Crippen LogP contribution in [0.5, 0.6) is 0 Å². The van der Waals surface area contributed by atoms with E-state index in [-0.39, 0.29) is 34.9 Å². The number of rotatable bonds is 3. The summed E-state index contributed by atoms with van der Waals surface area (Å²) < 4.78 is 12.7. The Kier molecular flexibility index (Phi) is 6.33. The van der Waals surface area contributed by atoms with Crippen LogP contribution in [0.1, 0.15) is 17.3 Å². The van der Waals surface area contributed by atoms with Crippen LogP contribution in [0.3, 0.4) is 0 Å². The van der Waals surface area contributed by atoms with Gasteiger partial charge in [0, 0.05) is 12.6 Å². The Balaban J connectivity index is 0.00000225. The molecule has 1 amide bonds. The van der Waals surface area contributed by atoms with Crippen LogP contribution >= 0.6 is 24.0 Å². The summed E-state index contributed by atoms with van der Waals surface area (Å²) in [4.78, 5) is 11.6. The Morgan fingerprint density at radius 1 is 1.62 bits per heavy atom. The average molecular weight is 267 g/mol. The van der Waals surface area contributed by atoms with Gasteiger partial charge in [-0.1, -0.05) is 11.6 Å². The molecule has 0 aromatic heterocycles. The van der Waals surface area contributed by atoms with Gasteiger partial charge in [-0.2, -0.15) is 0 Å². The van der Waals surface area contributed by atoms with E-state index in [2.05, 4.69) is 5.32 Å². The van der Waals surface area contributed by atoms with Crippen LogP contribution in [0.2, 0.25) is 5.02 Å². The molecule has 90 valence electrons. The van der Waals surface area contributed by atoms with Crippen molar-refractivity contribution in [3.8, 4) is 0 Å². The summed E-state index contributed by atoms with van der Waals surface area (Å²) in [5, 5.41) is 2.73. The van der Waals surface area contributed by atoms with E-state index in [1.165, 1.54) is 12.1 Å². The van der Waals surface area contributed by atoms with E-state index in [1.807, 2.05) is 0 Å². The number of hydrogen-bond donors (Lipinski definition) is 2. The van der Waals surface area contributed by atoms with Crippen molar-refractivity contribution >= 4 is 29.9 Å². The van der Waals surface area contributed by atoms with Crippen molar-refractivity contribution in [3.05, 3.63) is 34.6 Å². The van der Waals surface area contributed by atoms with Gasteiger partial charge in [0.1, 0.15) is 5.82 Å². The van der Waals surface area contributed by atoms with Crippen LogP contribution in [-0.4, -0.2) is 18.5 Å². The second-order valence-corrected chi connectivity index (χ2v) is 3.64. The molecule has 0 unspecified atom stereocenters. The van der Waals surface area contributed by atoms with Crippen LogP contribution in [0.4, 0.5) is 4.39 Å². The summed E-state index contributed by atoms with van der Waals surface area (Å²) in [7, 11) is 0. The van der Waals surface area contributed by atoms with Crippen molar-refractivity contribution in [3.63, 3.8) is 0 Å². The maximum Gasteiger partial charge on any atom is 0.253 e. The van der Waals surface area contributed by atoms with Gasteiger partial charge in [-0.3, -0.25) is 4.79 Å². The molecule has 3 nitrogen and oxygen atoms in total. The third kappa shape index (κ3) is 3.96. The fourth-order valence-corrected chi connectivity index (χ4v) is 1.29. The molecule has 0 bridgehead atoms. The first kappa shape index (κ1) is 15.2. The second kappa shape index (κ2) is 6.68. The molecule has 16 heavy (non-hydrogen) atoms. The van der Waals surface area contributed by atoms with Gasteiger partial charge in [-0.05, 0) is 25.1 Å². The summed E-state index contributed by atoms with van der Waals surface area (Å²) in [5.74, 6) is -0.818. The van der Waals surface area contributed by atoms with Gasteiger partial charge in [0.2, 0.25) is 0 Å². The van der Waals surface area contributed by atoms with Crippen LogP contribution in [0.25, 0.3) is 0 Å². The van der Waals surface area contributed by atoms with E-state index in [0.717, 1.165) is 6.07 Å². The van der Waals surface area contributed by atoms with Crippen LogP contribution in [-0.2, 0) is 0 Å². The third-order valence-corrected chi connectivity index (χ3v) is 2.22. The quantitative estimate of drug-likeness (QED) is 0.879. The minimum absolute atomic E-state index is 0. The van der Waals surface area contributed by atoms with Crippen molar-refractivity contribution in [1.29, 1.82) is 0 Å². The lowest BCUT2D eigenvalue weighted by molar-refractivity contribution is 0.0941. The molecular formula is C10H13Cl2FN2O. The largest absolute Gasteiger partial charge is 0.348 e. The maximum absolute atomic E-state index is 12.7. The zero-order chi connectivity index (χ0) is 11.4. The molecule has 0 aliphatic rings. The Hall–Kier alpha value is -0.840. The van der Waals surface area contributed by atoms with Gasteiger partial charge in [0.25, 0.3) is 5.91 Å². The first-order valence-electron chi connectivity index (χ1n) is 4.50. The average Bonchev–Trinajstić information content (AvgIpc) is 2.17. The van der Waals surface area contributed by atoms with Gasteiger partial charge in [-0.25, -0.2) is 4.39 Å². The molecule has 0 spiro atoms. The monoisotopic (exact) mass is 266 g/mol. The molecule has 0 saturated carbocycles. The molecule has 1 atom stereocenters. The van der Waals surface area contributed by atoms with Crippen molar-refractivity contribution in [2.24, 2.45) is 5.73 Å². The molecule has 1 rings (SSSR count). The van der Waals surface area contributed by atoms with Gasteiger partial charge in [0.05, 0.1) is 10.6 Å². The lowest BCUT2D eigenvalue weighted by Crippen LogP contribution is -2.37. The molecule has 6 heteroatoms. The molecule has 0 aliphatic carbocycles. The van der Waals surface area contributed by atoms with E-state index in [9.17, 15) is 9.18 Å². The first-order valence-corrected chi connectivity index (χ1v) is 4.88. The van der Waals surface area contributed by atoms with E-state index in [0.29, 0.717) is 6.54 Å². The lowest BCUT2D eigenvalue weighted by atomic mass is 10.2. The molecule has 3 N–H and O–H groups in total.